The van der Waals surface area contributed by atoms with Crippen LogP contribution in [0.4, 0.5) is 4.79 Å². The van der Waals surface area contributed by atoms with Gasteiger partial charge in [0.05, 0.1) is 23.8 Å². The highest BCUT2D eigenvalue weighted by molar-refractivity contribution is 6.00. The van der Waals surface area contributed by atoms with E-state index in [-0.39, 0.29) is 29.9 Å². The SMILES string of the molecule is C=CC(/C=C(\C)C(=O)[C@H](C)CCOC)(OC(=O)n1ccnc1)C(CC)OC(=O)C(C)C(=O)C(C)[C@H](CC)OC1OC(C)CC(N(C)C)[C@H]1OC(=O)c1ccccc1. The van der Waals surface area contributed by atoms with E-state index in [0.717, 1.165) is 4.57 Å². The molecule has 0 N–H and O–H groups in total. The van der Waals surface area contributed by atoms with Gasteiger partial charge >= 0.3 is 18.0 Å². The molecule has 7 unspecified atom stereocenters. The van der Waals surface area contributed by atoms with E-state index < -0.39 is 71.8 Å². The number of rotatable bonds is 21. The number of hydrogen-bond acceptors (Lipinski definition) is 13. The van der Waals surface area contributed by atoms with Gasteiger partial charge in [-0.3, -0.25) is 14.4 Å². The van der Waals surface area contributed by atoms with Crippen LogP contribution >= 0.6 is 0 Å². The van der Waals surface area contributed by atoms with Crippen LogP contribution in [-0.4, -0.2) is 114 Å². The van der Waals surface area contributed by atoms with Crippen LogP contribution in [0.25, 0.3) is 0 Å². The summed E-state index contributed by atoms with van der Waals surface area (Å²) in [5, 5.41) is 0. The van der Waals surface area contributed by atoms with Crippen molar-refractivity contribution in [3.8, 4) is 0 Å². The molecule has 1 aliphatic heterocycles. The molecule has 10 atom stereocenters. The fraction of sp³-hybridized carbons (Fsp3) is 0.581. The number of likely N-dealkylation sites (N-methyl/N-ethyl adjacent to an activating group) is 1. The number of benzene rings is 1. The van der Waals surface area contributed by atoms with Crippen LogP contribution in [0.15, 0.2) is 73.4 Å². The number of ketones is 2. The quantitative estimate of drug-likeness (QED) is 0.0460. The summed E-state index contributed by atoms with van der Waals surface area (Å²) in [5.74, 6) is -4.57. The Bertz CT molecular complexity index is 1680. The molecule has 0 bridgehead atoms. The van der Waals surface area contributed by atoms with Crippen LogP contribution in [0.3, 0.4) is 0 Å². The Morgan fingerprint density at radius 2 is 1.77 bits per heavy atom. The molecule has 0 amide bonds. The molecule has 0 spiro atoms. The number of imidazole rings is 1. The van der Waals surface area contributed by atoms with Gasteiger partial charge in [0.2, 0.25) is 0 Å². The van der Waals surface area contributed by atoms with E-state index in [2.05, 4.69) is 11.6 Å². The van der Waals surface area contributed by atoms with Crippen LogP contribution in [0.2, 0.25) is 0 Å². The molecule has 3 rings (SSSR count). The monoisotopic (exact) mass is 795 g/mol. The van der Waals surface area contributed by atoms with Crippen LogP contribution < -0.4 is 0 Å². The molecule has 0 aliphatic carbocycles. The fourth-order valence-electron chi connectivity index (χ4n) is 6.92. The summed E-state index contributed by atoms with van der Waals surface area (Å²) in [4.78, 5) is 73.8. The molecule has 2 aromatic rings. The molecule has 0 saturated carbocycles. The highest BCUT2D eigenvalue weighted by Crippen LogP contribution is 2.32. The predicted octanol–water partition coefficient (Wildman–Crippen LogP) is 6.23. The van der Waals surface area contributed by atoms with Crippen molar-refractivity contribution in [2.24, 2.45) is 17.8 Å². The van der Waals surface area contributed by atoms with E-state index in [1.807, 2.05) is 32.8 Å². The minimum Gasteiger partial charge on any atom is -0.457 e. The Hall–Kier alpha value is -4.50. The molecule has 1 aromatic carbocycles. The highest BCUT2D eigenvalue weighted by atomic mass is 16.7. The lowest BCUT2D eigenvalue weighted by Crippen LogP contribution is -2.57. The first-order valence-electron chi connectivity index (χ1n) is 19.6. The molecule has 57 heavy (non-hydrogen) atoms. The zero-order chi connectivity index (χ0) is 42.4. The summed E-state index contributed by atoms with van der Waals surface area (Å²) >= 11 is 0. The number of methoxy groups -OCH3 is 1. The van der Waals surface area contributed by atoms with Crippen molar-refractivity contribution in [3.63, 3.8) is 0 Å². The Labute approximate surface area is 336 Å². The zero-order valence-electron chi connectivity index (χ0n) is 35.0. The number of hydrogen-bond donors (Lipinski definition) is 0. The Morgan fingerprint density at radius 3 is 2.33 bits per heavy atom. The number of ether oxygens (including phenoxy) is 6. The zero-order valence-corrected chi connectivity index (χ0v) is 35.0. The first-order valence-corrected chi connectivity index (χ1v) is 19.6. The second-order valence-corrected chi connectivity index (χ2v) is 14.9. The number of allylic oxidation sites excluding steroid dienone is 1. The molecule has 0 radical (unpaired) electrons. The number of carbonyl (C=O) groups excluding carboxylic acids is 5. The smallest absolute Gasteiger partial charge is 0.420 e. The summed E-state index contributed by atoms with van der Waals surface area (Å²) in [6.07, 6.45) is 3.48. The van der Waals surface area contributed by atoms with Gasteiger partial charge in [0.15, 0.2) is 29.6 Å². The Kier molecular flexibility index (Phi) is 18.0. The van der Waals surface area contributed by atoms with Crippen LogP contribution in [0.1, 0.15) is 84.5 Å². The van der Waals surface area contributed by atoms with E-state index in [1.165, 1.54) is 37.8 Å². The third-order valence-corrected chi connectivity index (χ3v) is 10.5. The molecule has 1 aliphatic rings. The average Bonchev–Trinajstić information content (AvgIpc) is 3.76. The van der Waals surface area contributed by atoms with Gasteiger partial charge in [0, 0.05) is 37.9 Å². The predicted molar refractivity (Wildman–Crippen MR) is 212 cm³/mol. The average molecular weight is 796 g/mol. The van der Waals surface area contributed by atoms with E-state index in [4.69, 9.17) is 28.4 Å². The van der Waals surface area contributed by atoms with Gasteiger partial charge in [-0.05, 0) is 90.4 Å². The number of esters is 2. The number of nitrogens with zero attached hydrogens (tertiary/aromatic N) is 3. The largest absolute Gasteiger partial charge is 0.457 e. The number of Topliss-reactive ketones (excluding diaryl/α,β-unsaturated/α-hetero) is 2. The molecule has 1 fully saturated rings. The maximum absolute atomic E-state index is 14.1. The van der Waals surface area contributed by atoms with Gasteiger partial charge in [-0.15, -0.1) is 0 Å². The molecular formula is C43H61N3O11. The second kappa shape index (κ2) is 21.9. The highest BCUT2D eigenvalue weighted by Gasteiger charge is 2.46. The molecule has 2 heterocycles. The van der Waals surface area contributed by atoms with Crippen molar-refractivity contribution < 1.29 is 52.4 Å². The third-order valence-electron chi connectivity index (χ3n) is 10.5. The van der Waals surface area contributed by atoms with Gasteiger partial charge in [-0.2, -0.15) is 0 Å². The second-order valence-electron chi connectivity index (χ2n) is 14.9. The maximum atomic E-state index is 14.1. The first-order chi connectivity index (χ1) is 27.0. The van der Waals surface area contributed by atoms with Gasteiger partial charge in [0.1, 0.15) is 18.3 Å². The van der Waals surface area contributed by atoms with Gasteiger partial charge in [0.25, 0.3) is 0 Å². The minimum atomic E-state index is -1.81. The third kappa shape index (κ3) is 12.2. The van der Waals surface area contributed by atoms with Crippen LogP contribution in [0.5, 0.6) is 0 Å². The van der Waals surface area contributed by atoms with E-state index in [9.17, 15) is 24.0 Å². The summed E-state index contributed by atoms with van der Waals surface area (Å²) < 4.78 is 37.0. The van der Waals surface area contributed by atoms with Gasteiger partial charge in [-0.25, -0.2) is 19.1 Å². The van der Waals surface area contributed by atoms with Crippen LogP contribution in [-0.2, 0) is 42.8 Å². The first kappa shape index (κ1) is 46.9. The van der Waals surface area contributed by atoms with Crippen molar-refractivity contribution in [1.29, 1.82) is 0 Å². The molecule has 1 saturated heterocycles. The summed E-state index contributed by atoms with van der Waals surface area (Å²) in [6, 6.07) is 8.39. The molecular weight excluding hydrogens is 734 g/mol. The lowest BCUT2D eigenvalue weighted by molar-refractivity contribution is -0.271. The molecule has 314 valence electrons. The van der Waals surface area contributed by atoms with Gasteiger partial charge in [-0.1, -0.05) is 52.5 Å². The van der Waals surface area contributed by atoms with Crippen molar-refractivity contribution in [3.05, 3.63) is 78.9 Å². The standard InChI is InChI=1S/C43H61N3O11/c1-12-34(54-41-38(33(45(9)10)24-29(6)53-41)56-40(50)32-18-16-15-17-19-32)30(7)37(48)31(8)39(49)55-35(13-2)43(14-3,57-42(51)46-22-21-44-26-46)25-28(5)36(47)27(4)20-23-52-11/h14-19,21-22,25-27,29-31,33-35,38,41H,3,12-13,20,23-24H2,1-2,4-11H3/b28-25+/t27-,29?,30?,31?,33?,34+,35?,38-,41?,43?/m1/s1. The molecule has 14 nitrogen and oxygen atoms in total. The molecule has 1 aromatic heterocycles. The topological polar surface area (TPSA) is 162 Å². The maximum Gasteiger partial charge on any atom is 0.420 e. The Morgan fingerprint density at radius 1 is 1.09 bits per heavy atom. The van der Waals surface area contributed by atoms with Crippen molar-refractivity contribution in [2.45, 2.75) is 116 Å². The van der Waals surface area contributed by atoms with E-state index >= 15 is 0 Å². The number of carbonyl (C=O) groups is 5. The summed E-state index contributed by atoms with van der Waals surface area (Å²) in [7, 11) is 5.33. The van der Waals surface area contributed by atoms with E-state index in [1.54, 1.807) is 65.1 Å². The lowest BCUT2D eigenvalue weighted by atomic mass is 9.87. The molecule has 14 heteroatoms. The Balaban J connectivity index is 1.87. The minimum absolute atomic E-state index is 0.122. The van der Waals surface area contributed by atoms with Crippen molar-refractivity contribution in [1.82, 2.24) is 14.5 Å². The van der Waals surface area contributed by atoms with Crippen molar-refractivity contribution >= 4 is 29.6 Å². The van der Waals surface area contributed by atoms with Gasteiger partial charge < -0.3 is 33.3 Å². The summed E-state index contributed by atoms with van der Waals surface area (Å²) in [5.41, 5.74) is -1.16. The van der Waals surface area contributed by atoms with Crippen molar-refractivity contribution in [2.75, 3.05) is 27.8 Å². The normalized spacial score (nSPS) is 22.3. The van der Waals surface area contributed by atoms with Crippen LogP contribution in [0, 0.1) is 17.8 Å². The van der Waals surface area contributed by atoms with E-state index in [0.29, 0.717) is 31.4 Å². The number of aromatic nitrogens is 2. The fourth-order valence-corrected chi connectivity index (χ4v) is 6.92. The lowest BCUT2D eigenvalue weighted by Gasteiger charge is -2.44. The summed E-state index contributed by atoms with van der Waals surface area (Å²) in [6.45, 7) is 16.2.